The van der Waals surface area contributed by atoms with Gasteiger partial charge in [0.2, 0.25) is 0 Å². The van der Waals surface area contributed by atoms with Gasteiger partial charge in [-0.2, -0.15) is 0 Å². The summed E-state index contributed by atoms with van der Waals surface area (Å²) in [4.78, 5) is 1.17. The summed E-state index contributed by atoms with van der Waals surface area (Å²) in [6, 6.07) is 2.18. The van der Waals surface area contributed by atoms with Crippen LogP contribution in [0.1, 0.15) is 17.3 Å². The lowest BCUT2D eigenvalue weighted by atomic mass is 9.98. The first-order valence-electron chi connectivity index (χ1n) is 5.25. The fourth-order valence-electron chi connectivity index (χ4n) is 2.21. The second-order valence-electron chi connectivity index (χ2n) is 4.20. The van der Waals surface area contributed by atoms with E-state index in [0.717, 1.165) is 14.7 Å². The molecule has 7 heteroatoms. The average Bonchev–Trinajstić information content (AvgIpc) is 2.73. The van der Waals surface area contributed by atoms with Crippen molar-refractivity contribution >= 4 is 53.0 Å². The van der Waals surface area contributed by atoms with Gasteiger partial charge in [-0.15, -0.1) is 11.3 Å². The van der Waals surface area contributed by atoms with E-state index < -0.39 is 9.84 Å². The maximum absolute atomic E-state index is 11.5. The third-order valence-electron chi connectivity index (χ3n) is 3.02. The van der Waals surface area contributed by atoms with Crippen molar-refractivity contribution < 1.29 is 8.42 Å². The molecule has 1 aliphatic rings. The monoisotopic (exact) mass is 401 g/mol. The van der Waals surface area contributed by atoms with Crippen molar-refractivity contribution in [1.82, 2.24) is 5.32 Å². The minimum Gasteiger partial charge on any atom is -0.312 e. The molecule has 2 unspecified atom stereocenters. The van der Waals surface area contributed by atoms with Crippen LogP contribution in [-0.2, 0) is 9.84 Å². The average molecular weight is 403 g/mol. The third-order valence-corrected chi connectivity index (χ3v) is 8.15. The zero-order valence-electron chi connectivity index (χ0n) is 9.24. The molecule has 1 aromatic rings. The summed E-state index contributed by atoms with van der Waals surface area (Å²) in [5.41, 5.74) is 0. The standard InChI is InChI=1S/C10H13Br2NO2S2/c1-13-9(6-2-3-17(14,15)5-6)8-4-7(11)10(12)16-8/h4,6,9,13H,2-3,5H2,1H3. The van der Waals surface area contributed by atoms with Crippen molar-refractivity contribution in [3.05, 3.63) is 19.2 Å². The van der Waals surface area contributed by atoms with Gasteiger partial charge in [-0.05, 0) is 57.3 Å². The van der Waals surface area contributed by atoms with Crippen molar-refractivity contribution in [3.8, 4) is 0 Å². The molecule has 0 spiro atoms. The van der Waals surface area contributed by atoms with Gasteiger partial charge in [-0.25, -0.2) is 8.42 Å². The summed E-state index contributed by atoms with van der Waals surface area (Å²) in [6.45, 7) is 0. The summed E-state index contributed by atoms with van der Waals surface area (Å²) < 4.78 is 25.1. The van der Waals surface area contributed by atoms with Gasteiger partial charge >= 0.3 is 0 Å². The van der Waals surface area contributed by atoms with Crippen LogP contribution in [0.5, 0.6) is 0 Å². The maximum atomic E-state index is 11.5. The van der Waals surface area contributed by atoms with Gasteiger partial charge < -0.3 is 5.32 Å². The number of hydrogen-bond acceptors (Lipinski definition) is 4. The fourth-order valence-corrected chi connectivity index (χ4v) is 6.35. The molecule has 0 aromatic carbocycles. The Labute approximate surface area is 122 Å². The van der Waals surface area contributed by atoms with Crippen molar-refractivity contribution in [2.24, 2.45) is 5.92 Å². The van der Waals surface area contributed by atoms with Crippen LogP contribution in [0.3, 0.4) is 0 Å². The summed E-state index contributed by atoms with van der Waals surface area (Å²) in [6.07, 6.45) is 0.751. The second-order valence-corrected chi connectivity index (χ2v) is 9.68. The number of rotatable bonds is 3. The van der Waals surface area contributed by atoms with Gasteiger partial charge in [0, 0.05) is 15.4 Å². The van der Waals surface area contributed by atoms with E-state index in [4.69, 9.17) is 0 Å². The van der Waals surface area contributed by atoms with Gasteiger partial charge in [-0.3, -0.25) is 0 Å². The van der Waals surface area contributed by atoms with Gasteiger partial charge in [0.1, 0.15) is 0 Å². The van der Waals surface area contributed by atoms with Crippen LogP contribution >= 0.6 is 43.2 Å². The summed E-state index contributed by atoms with van der Waals surface area (Å²) >= 11 is 8.58. The predicted octanol–water partition coefficient (Wildman–Crippen LogP) is 2.97. The summed E-state index contributed by atoms with van der Waals surface area (Å²) in [5, 5.41) is 3.24. The summed E-state index contributed by atoms with van der Waals surface area (Å²) in [5.74, 6) is 0.803. The molecule has 0 aliphatic carbocycles. The lowest BCUT2D eigenvalue weighted by Gasteiger charge is -2.20. The predicted molar refractivity (Wildman–Crippen MR) is 78.3 cm³/mol. The Hall–Kier alpha value is 0.570. The molecule has 1 aromatic heterocycles. The van der Waals surface area contributed by atoms with E-state index in [1.54, 1.807) is 11.3 Å². The highest BCUT2D eigenvalue weighted by Gasteiger charge is 2.34. The molecule has 17 heavy (non-hydrogen) atoms. The van der Waals surface area contributed by atoms with E-state index >= 15 is 0 Å². The number of nitrogens with one attached hydrogen (secondary N) is 1. The smallest absolute Gasteiger partial charge is 0.150 e. The fraction of sp³-hybridized carbons (Fsp3) is 0.600. The lowest BCUT2D eigenvalue weighted by molar-refractivity contribution is 0.424. The van der Waals surface area contributed by atoms with Crippen LogP contribution in [0.25, 0.3) is 0 Å². The van der Waals surface area contributed by atoms with E-state index in [2.05, 4.69) is 43.2 Å². The van der Waals surface area contributed by atoms with Crippen LogP contribution in [-0.4, -0.2) is 27.0 Å². The molecule has 2 atom stereocenters. The van der Waals surface area contributed by atoms with Gasteiger partial charge in [0.15, 0.2) is 9.84 Å². The number of halogens is 2. The lowest BCUT2D eigenvalue weighted by Crippen LogP contribution is -2.25. The maximum Gasteiger partial charge on any atom is 0.150 e. The Morgan fingerprint density at radius 3 is 2.65 bits per heavy atom. The number of hydrogen-bond donors (Lipinski definition) is 1. The third kappa shape index (κ3) is 3.12. The molecule has 1 aliphatic heterocycles. The Kier molecular flexibility index (Phi) is 4.35. The van der Waals surface area contributed by atoms with Crippen LogP contribution in [0.2, 0.25) is 0 Å². The molecule has 0 saturated carbocycles. The molecule has 1 N–H and O–H groups in total. The first-order chi connectivity index (χ1) is 7.93. The van der Waals surface area contributed by atoms with Crippen molar-refractivity contribution in [2.45, 2.75) is 12.5 Å². The van der Waals surface area contributed by atoms with Gasteiger partial charge in [0.05, 0.1) is 15.3 Å². The quantitative estimate of drug-likeness (QED) is 0.845. The zero-order chi connectivity index (χ0) is 12.6. The molecule has 0 bridgehead atoms. The van der Waals surface area contributed by atoms with Crippen LogP contribution in [0, 0.1) is 5.92 Å². The molecular weight excluding hydrogens is 390 g/mol. The van der Waals surface area contributed by atoms with Crippen molar-refractivity contribution in [1.29, 1.82) is 0 Å². The van der Waals surface area contributed by atoms with E-state index in [0.29, 0.717) is 11.5 Å². The largest absolute Gasteiger partial charge is 0.312 e. The molecule has 2 rings (SSSR count). The molecule has 0 amide bonds. The van der Waals surface area contributed by atoms with Crippen LogP contribution in [0.15, 0.2) is 14.3 Å². The Bertz CT molecular complexity index is 493. The number of sulfone groups is 1. The van der Waals surface area contributed by atoms with Crippen LogP contribution < -0.4 is 5.32 Å². The molecule has 1 fully saturated rings. The van der Waals surface area contributed by atoms with E-state index in [1.165, 1.54) is 4.88 Å². The topological polar surface area (TPSA) is 46.2 Å². The minimum absolute atomic E-state index is 0.125. The van der Waals surface area contributed by atoms with E-state index in [1.807, 2.05) is 7.05 Å². The van der Waals surface area contributed by atoms with E-state index in [-0.39, 0.29) is 12.0 Å². The van der Waals surface area contributed by atoms with Gasteiger partial charge in [-0.1, -0.05) is 0 Å². The molecule has 1 saturated heterocycles. The van der Waals surface area contributed by atoms with Crippen LogP contribution in [0.4, 0.5) is 0 Å². The summed E-state index contributed by atoms with van der Waals surface area (Å²) in [7, 11) is -0.935. The Balaban J connectivity index is 2.23. The van der Waals surface area contributed by atoms with Crippen molar-refractivity contribution in [2.75, 3.05) is 18.6 Å². The Morgan fingerprint density at radius 2 is 2.24 bits per heavy atom. The number of thiophene rings is 1. The molecular formula is C10H13Br2NO2S2. The molecule has 3 nitrogen and oxygen atoms in total. The minimum atomic E-state index is -2.82. The molecule has 0 radical (unpaired) electrons. The first-order valence-corrected chi connectivity index (χ1v) is 9.48. The first kappa shape index (κ1) is 14.0. The molecule has 2 heterocycles. The van der Waals surface area contributed by atoms with E-state index in [9.17, 15) is 8.42 Å². The SMILES string of the molecule is CNC(c1cc(Br)c(Br)s1)C1CCS(=O)(=O)C1. The highest BCUT2D eigenvalue weighted by molar-refractivity contribution is 9.13. The van der Waals surface area contributed by atoms with Crippen molar-refractivity contribution in [3.63, 3.8) is 0 Å². The molecule has 96 valence electrons. The highest BCUT2D eigenvalue weighted by atomic mass is 79.9. The zero-order valence-corrected chi connectivity index (χ0v) is 14.0. The normalized spacial score (nSPS) is 25.0. The second kappa shape index (κ2) is 5.28. The Morgan fingerprint density at radius 1 is 1.53 bits per heavy atom. The highest BCUT2D eigenvalue weighted by Crippen LogP contribution is 2.40. The van der Waals surface area contributed by atoms with Gasteiger partial charge in [0.25, 0.3) is 0 Å².